The number of carboxylic acids is 1. The molecule has 2 aromatic rings. The van der Waals surface area contributed by atoms with Gasteiger partial charge >= 0.3 is 12.1 Å². The second-order valence-corrected chi connectivity index (χ2v) is 9.75. The molecule has 1 amide bonds. The van der Waals surface area contributed by atoms with Crippen LogP contribution in [0, 0.1) is 0 Å². The van der Waals surface area contributed by atoms with Crippen molar-refractivity contribution in [3.63, 3.8) is 0 Å². The lowest BCUT2D eigenvalue weighted by Gasteiger charge is -2.35. The predicted octanol–water partition coefficient (Wildman–Crippen LogP) is 4.49. The van der Waals surface area contributed by atoms with E-state index in [1.807, 2.05) is 12.1 Å². The van der Waals surface area contributed by atoms with Crippen molar-refractivity contribution >= 4 is 55.3 Å². The summed E-state index contributed by atoms with van der Waals surface area (Å²) in [6, 6.07) is 5.48. The van der Waals surface area contributed by atoms with Gasteiger partial charge in [0, 0.05) is 17.4 Å². The van der Waals surface area contributed by atoms with Gasteiger partial charge in [-0.15, -0.1) is 11.3 Å². The van der Waals surface area contributed by atoms with Crippen molar-refractivity contribution < 1.29 is 24.2 Å². The summed E-state index contributed by atoms with van der Waals surface area (Å²) in [5.74, 6) is -1.59. The summed E-state index contributed by atoms with van der Waals surface area (Å²) in [4.78, 5) is 43.2. The summed E-state index contributed by atoms with van der Waals surface area (Å²) in [5.41, 5.74) is -1.69. The summed E-state index contributed by atoms with van der Waals surface area (Å²) in [5, 5.41) is 10.2. The first-order valence-corrected chi connectivity index (χ1v) is 10.5. The zero-order chi connectivity index (χ0) is 20.7. The number of fused-ring (bicyclic) bond motifs is 1. The molecular formula is C19H21BrN2O5S. The minimum atomic E-state index is -1.61. The third kappa shape index (κ3) is 4.05. The quantitative estimate of drug-likeness (QED) is 0.663. The highest BCUT2D eigenvalue weighted by Gasteiger charge is 2.52. The zero-order valence-corrected chi connectivity index (χ0v) is 18.2. The molecule has 1 fully saturated rings. The first-order valence-electron chi connectivity index (χ1n) is 8.85. The van der Waals surface area contributed by atoms with Crippen LogP contribution >= 0.6 is 27.3 Å². The van der Waals surface area contributed by atoms with Crippen molar-refractivity contribution in [1.82, 2.24) is 9.88 Å². The Morgan fingerprint density at radius 2 is 2.07 bits per heavy atom. The molecule has 2 heterocycles. The van der Waals surface area contributed by atoms with Gasteiger partial charge in [0.2, 0.25) is 0 Å². The van der Waals surface area contributed by atoms with E-state index in [9.17, 15) is 19.5 Å². The molecule has 0 spiro atoms. The number of aliphatic carboxylic acids is 1. The van der Waals surface area contributed by atoms with Gasteiger partial charge in [0.05, 0.1) is 10.2 Å². The molecule has 0 radical (unpaired) electrons. The number of ether oxygens (including phenoxy) is 1. The van der Waals surface area contributed by atoms with Crippen LogP contribution in [0.15, 0.2) is 22.7 Å². The van der Waals surface area contributed by atoms with Gasteiger partial charge in [-0.2, -0.15) is 0 Å². The molecule has 1 aromatic carbocycles. The average molecular weight is 469 g/mol. The Bertz CT molecular complexity index is 951. The van der Waals surface area contributed by atoms with E-state index in [2.05, 4.69) is 20.9 Å². The molecular weight excluding hydrogens is 448 g/mol. The second kappa shape index (κ2) is 7.44. The SMILES string of the molecule is CC(C)(C)OC(=O)N1CCC[C@@]1(CC(=O)c1nc2ccc(Br)cc2s1)C(=O)O. The molecule has 9 heteroatoms. The highest BCUT2D eigenvalue weighted by atomic mass is 79.9. The smallest absolute Gasteiger partial charge is 0.411 e. The highest BCUT2D eigenvalue weighted by Crippen LogP contribution is 2.36. The maximum atomic E-state index is 12.9. The molecule has 7 nitrogen and oxygen atoms in total. The highest BCUT2D eigenvalue weighted by molar-refractivity contribution is 9.10. The van der Waals surface area contributed by atoms with E-state index in [0.717, 1.165) is 9.17 Å². The zero-order valence-electron chi connectivity index (χ0n) is 15.8. The fourth-order valence-corrected chi connectivity index (χ4v) is 4.76. The van der Waals surface area contributed by atoms with Gasteiger partial charge in [-0.25, -0.2) is 14.6 Å². The number of ketones is 1. The normalized spacial score (nSPS) is 19.8. The van der Waals surface area contributed by atoms with Gasteiger partial charge in [-0.3, -0.25) is 9.69 Å². The summed E-state index contributed by atoms with van der Waals surface area (Å²) >= 11 is 4.60. The van der Waals surface area contributed by atoms with E-state index < -0.39 is 29.0 Å². The molecule has 1 aliphatic rings. The van der Waals surface area contributed by atoms with E-state index in [4.69, 9.17) is 4.74 Å². The van der Waals surface area contributed by atoms with Gasteiger partial charge in [0.15, 0.2) is 16.3 Å². The maximum Gasteiger partial charge on any atom is 0.411 e. The number of nitrogens with zero attached hydrogens (tertiary/aromatic N) is 2. The first kappa shape index (κ1) is 20.7. The van der Waals surface area contributed by atoms with Crippen LogP contribution in [0.5, 0.6) is 0 Å². The van der Waals surface area contributed by atoms with Crippen molar-refractivity contribution in [3.05, 3.63) is 27.7 Å². The van der Waals surface area contributed by atoms with Crippen LogP contribution in [0.2, 0.25) is 0 Å². The third-order valence-corrected chi connectivity index (χ3v) is 6.10. The number of carbonyl (C=O) groups is 3. The van der Waals surface area contributed by atoms with E-state index in [1.165, 1.54) is 16.2 Å². The number of carboxylic acid groups (broad SMARTS) is 1. The molecule has 0 bridgehead atoms. The van der Waals surface area contributed by atoms with Crippen LogP contribution in [-0.2, 0) is 9.53 Å². The van der Waals surface area contributed by atoms with Crippen molar-refractivity contribution in [2.75, 3.05) is 6.54 Å². The molecule has 0 saturated carbocycles. The largest absolute Gasteiger partial charge is 0.479 e. The topological polar surface area (TPSA) is 96.8 Å². The van der Waals surface area contributed by atoms with Crippen LogP contribution < -0.4 is 0 Å². The number of amides is 1. The summed E-state index contributed by atoms with van der Waals surface area (Å²) in [6.07, 6.45) is -0.355. The first-order chi connectivity index (χ1) is 13.0. The van der Waals surface area contributed by atoms with Crippen molar-refractivity contribution in [2.45, 2.75) is 51.2 Å². The lowest BCUT2D eigenvalue weighted by Crippen LogP contribution is -2.55. The number of halogens is 1. The standard InChI is InChI=1S/C19H21BrN2O5S/c1-18(2,3)27-17(26)22-8-4-7-19(22,16(24)25)10-13(23)15-21-12-6-5-11(20)9-14(12)28-15/h5-6,9H,4,7-8,10H2,1-3H3,(H,24,25)/t19-/m1/s1. The Kier molecular flexibility index (Phi) is 5.51. The lowest BCUT2D eigenvalue weighted by molar-refractivity contribution is -0.149. The Balaban J connectivity index is 1.89. The molecule has 1 saturated heterocycles. The number of hydrogen-bond acceptors (Lipinski definition) is 6. The van der Waals surface area contributed by atoms with Gasteiger partial charge in [-0.1, -0.05) is 15.9 Å². The summed E-state index contributed by atoms with van der Waals surface area (Å²) < 4.78 is 7.07. The predicted molar refractivity (Wildman–Crippen MR) is 109 cm³/mol. The minimum Gasteiger partial charge on any atom is -0.479 e. The number of thiazole rings is 1. The average Bonchev–Trinajstić information content (AvgIpc) is 3.17. The van der Waals surface area contributed by atoms with E-state index in [0.29, 0.717) is 11.9 Å². The van der Waals surface area contributed by atoms with Crippen LogP contribution in [0.4, 0.5) is 4.79 Å². The van der Waals surface area contributed by atoms with Crippen LogP contribution in [-0.4, -0.2) is 50.5 Å². The molecule has 0 aliphatic carbocycles. The Morgan fingerprint density at radius 1 is 1.36 bits per heavy atom. The second-order valence-electron chi connectivity index (χ2n) is 7.80. The minimum absolute atomic E-state index is 0.198. The fourth-order valence-electron chi connectivity index (χ4n) is 3.30. The van der Waals surface area contributed by atoms with Gasteiger partial charge in [0.25, 0.3) is 0 Å². The van der Waals surface area contributed by atoms with Crippen LogP contribution in [0.25, 0.3) is 10.2 Å². The van der Waals surface area contributed by atoms with Gasteiger partial charge < -0.3 is 9.84 Å². The number of carbonyl (C=O) groups excluding carboxylic acids is 2. The lowest BCUT2D eigenvalue weighted by atomic mass is 9.90. The van der Waals surface area contributed by atoms with Gasteiger partial charge in [0.1, 0.15) is 5.60 Å². The number of Topliss-reactive ketones (excluding diaryl/α,β-unsaturated/α-hetero) is 1. The van der Waals surface area contributed by atoms with E-state index >= 15 is 0 Å². The van der Waals surface area contributed by atoms with Gasteiger partial charge in [-0.05, 0) is 51.8 Å². The van der Waals surface area contributed by atoms with E-state index in [1.54, 1.807) is 26.8 Å². The Hall–Kier alpha value is -2.00. The summed E-state index contributed by atoms with van der Waals surface area (Å²) in [6.45, 7) is 5.39. The molecule has 0 unspecified atom stereocenters. The molecule has 1 aromatic heterocycles. The monoisotopic (exact) mass is 468 g/mol. The molecule has 1 aliphatic heterocycles. The molecule has 150 valence electrons. The molecule has 1 N–H and O–H groups in total. The Morgan fingerprint density at radius 3 is 2.71 bits per heavy atom. The number of aromatic nitrogens is 1. The molecule has 1 atom stereocenters. The van der Waals surface area contributed by atoms with Crippen molar-refractivity contribution in [3.8, 4) is 0 Å². The number of benzene rings is 1. The van der Waals surface area contributed by atoms with Crippen molar-refractivity contribution in [1.29, 1.82) is 0 Å². The molecule has 3 rings (SSSR count). The van der Waals surface area contributed by atoms with Crippen LogP contribution in [0.3, 0.4) is 0 Å². The van der Waals surface area contributed by atoms with Crippen molar-refractivity contribution in [2.24, 2.45) is 0 Å². The number of hydrogen-bond donors (Lipinski definition) is 1. The number of rotatable bonds is 4. The third-order valence-electron chi connectivity index (χ3n) is 4.54. The summed E-state index contributed by atoms with van der Waals surface area (Å²) in [7, 11) is 0. The maximum absolute atomic E-state index is 12.9. The fraction of sp³-hybridized carbons (Fsp3) is 0.474. The van der Waals surface area contributed by atoms with Crippen LogP contribution in [0.1, 0.15) is 49.8 Å². The molecule has 28 heavy (non-hydrogen) atoms. The Labute approximate surface area is 174 Å². The van der Waals surface area contributed by atoms with E-state index in [-0.39, 0.29) is 24.4 Å². The number of likely N-dealkylation sites (tertiary alicyclic amines) is 1.